The first-order valence-corrected chi connectivity index (χ1v) is 6.15. The lowest BCUT2D eigenvalue weighted by atomic mass is 10.2. The van der Waals surface area contributed by atoms with Crippen molar-refractivity contribution in [2.45, 2.75) is 13.5 Å². The molecule has 1 heterocycles. The van der Waals surface area contributed by atoms with Crippen molar-refractivity contribution >= 4 is 17.6 Å². The molecule has 2 aromatic rings. The summed E-state index contributed by atoms with van der Waals surface area (Å²) in [6.45, 7) is 1.76. The van der Waals surface area contributed by atoms with E-state index in [2.05, 4.69) is 10.3 Å². The number of pyridine rings is 1. The highest BCUT2D eigenvalue weighted by molar-refractivity contribution is 5.84. The van der Waals surface area contributed by atoms with Crippen LogP contribution in [0.25, 0.3) is 0 Å². The topological polar surface area (TPSA) is 94.4 Å². The number of aromatic nitrogens is 1. The molecule has 21 heavy (non-hydrogen) atoms. The number of carbonyl (C=O) groups is 1. The summed E-state index contributed by atoms with van der Waals surface area (Å²) in [7, 11) is 0. The van der Waals surface area contributed by atoms with Gasteiger partial charge >= 0.3 is 6.09 Å². The van der Waals surface area contributed by atoms with Gasteiger partial charge in [0.2, 0.25) is 0 Å². The third kappa shape index (κ3) is 4.00. The number of nitrogens with zero attached hydrogens (tertiary/aromatic N) is 2. The standard InChI is InChI=1S/C14H13N3O4/c1-10-7-12(17(19)20)8-15-13(10)16-14(18)21-9-11-5-3-2-4-6-11/h2-8H,9H2,1H3,(H,15,16,18). The normalized spacial score (nSPS) is 9.95. The highest BCUT2D eigenvalue weighted by atomic mass is 16.6. The predicted octanol–water partition coefficient (Wildman–Crippen LogP) is 3.05. The second kappa shape index (κ2) is 6.47. The summed E-state index contributed by atoms with van der Waals surface area (Å²) in [6, 6.07) is 10.6. The number of nitrogens with one attached hydrogen (secondary N) is 1. The van der Waals surface area contributed by atoms with E-state index in [4.69, 9.17) is 4.74 Å². The summed E-state index contributed by atoms with van der Waals surface area (Å²) in [4.78, 5) is 25.5. The summed E-state index contributed by atoms with van der Waals surface area (Å²) in [5.74, 6) is 0.235. The molecular formula is C14H13N3O4. The van der Waals surface area contributed by atoms with Crippen LogP contribution in [-0.2, 0) is 11.3 Å². The van der Waals surface area contributed by atoms with Crippen molar-refractivity contribution < 1.29 is 14.5 Å². The molecule has 7 nitrogen and oxygen atoms in total. The Morgan fingerprint density at radius 3 is 2.71 bits per heavy atom. The SMILES string of the molecule is Cc1cc([N+](=O)[O-])cnc1NC(=O)OCc1ccccc1. The van der Waals surface area contributed by atoms with E-state index in [9.17, 15) is 14.9 Å². The van der Waals surface area contributed by atoms with Gasteiger partial charge in [-0.25, -0.2) is 9.78 Å². The molecule has 1 amide bonds. The van der Waals surface area contributed by atoms with Crippen LogP contribution in [0.1, 0.15) is 11.1 Å². The zero-order chi connectivity index (χ0) is 15.2. The minimum atomic E-state index is -0.664. The maximum absolute atomic E-state index is 11.6. The van der Waals surface area contributed by atoms with Gasteiger partial charge in [-0.3, -0.25) is 15.4 Å². The molecule has 0 atom stereocenters. The van der Waals surface area contributed by atoms with Crippen LogP contribution in [0.4, 0.5) is 16.3 Å². The number of amides is 1. The molecule has 0 saturated carbocycles. The quantitative estimate of drug-likeness (QED) is 0.689. The van der Waals surface area contributed by atoms with Crippen LogP contribution in [0.2, 0.25) is 0 Å². The fourth-order valence-electron chi connectivity index (χ4n) is 1.65. The molecule has 108 valence electrons. The summed E-state index contributed by atoms with van der Waals surface area (Å²) in [5.41, 5.74) is 1.22. The largest absolute Gasteiger partial charge is 0.444 e. The smallest absolute Gasteiger partial charge is 0.413 e. The van der Waals surface area contributed by atoms with Crippen molar-refractivity contribution in [2.24, 2.45) is 0 Å². The number of aryl methyl sites for hydroxylation is 1. The van der Waals surface area contributed by atoms with Gasteiger partial charge in [0.25, 0.3) is 5.69 Å². The molecule has 0 spiro atoms. The number of anilines is 1. The third-order valence-electron chi connectivity index (χ3n) is 2.71. The number of ether oxygens (including phenoxy) is 1. The zero-order valence-electron chi connectivity index (χ0n) is 11.3. The monoisotopic (exact) mass is 287 g/mol. The Bertz CT molecular complexity index is 659. The lowest BCUT2D eigenvalue weighted by molar-refractivity contribution is -0.385. The maximum Gasteiger partial charge on any atom is 0.413 e. The Labute approximate surface area is 120 Å². The lowest BCUT2D eigenvalue weighted by Gasteiger charge is -2.08. The van der Waals surface area contributed by atoms with E-state index in [0.29, 0.717) is 5.56 Å². The van der Waals surface area contributed by atoms with E-state index in [-0.39, 0.29) is 18.1 Å². The van der Waals surface area contributed by atoms with Crippen LogP contribution in [0, 0.1) is 17.0 Å². The van der Waals surface area contributed by atoms with Crippen molar-refractivity contribution in [1.29, 1.82) is 0 Å². The third-order valence-corrected chi connectivity index (χ3v) is 2.71. The van der Waals surface area contributed by atoms with Gasteiger partial charge in [0.15, 0.2) is 0 Å². The fourth-order valence-corrected chi connectivity index (χ4v) is 1.65. The minimum Gasteiger partial charge on any atom is -0.444 e. The number of rotatable bonds is 4. The van der Waals surface area contributed by atoms with Crippen molar-refractivity contribution in [3.63, 3.8) is 0 Å². The maximum atomic E-state index is 11.6. The first-order chi connectivity index (χ1) is 10.1. The number of benzene rings is 1. The van der Waals surface area contributed by atoms with Crippen LogP contribution in [0.15, 0.2) is 42.6 Å². The molecule has 0 saturated heterocycles. The van der Waals surface area contributed by atoms with E-state index >= 15 is 0 Å². The Hall–Kier alpha value is -2.96. The minimum absolute atomic E-state index is 0.129. The van der Waals surface area contributed by atoms with E-state index in [1.54, 1.807) is 6.92 Å². The van der Waals surface area contributed by atoms with Crippen LogP contribution < -0.4 is 5.32 Å². The van der Waals surface area contributed by atoms with E-state index in [1.165, 1.54) is 6.07 Å². The predicted molar refractivity (Wildman–Crippen MR) is 75.9 cm³/mol. The van der Waals surface area contributed by atoms with Gasteiger partial charge in [0.05, 0.1) is 4.92 Å². The molecule has 1 N–H and O–H groups in total. The second-order valence-corrected chi connectivity index (χ2v) is 4.30. The van der Waals surface area contributed by atoms with Crippen molar-refractivity contribution in [3.8, 4) is 0 Å². The molecule has 1 aromatic heterocycles. The summed E-state index contributed by atoms with van der Waals surface area (Å²) >= 11 is 0. The Morgan fingerprint density at radius 1 is 1.38 bits per heavy atom. The first-order valence-electron chi connectivity index (χ1n) is 6.15. The fraction of sp³-hybridized carbons (Fsp3) is 0.143. The highest BCUT2D eigenvalue weighted by Gasteiger charge is 2.12. The van der Waals surface area contributed by atoms with Crippen molar-refractivity contribution in [1.82, 2.24) is 4.98 Å². The van der Waals surface area contributed by atoms with Gasteiger partial charge in [-0.1, -0.05) is 30.3 Å². The molecule has 0 aliphatic heterocycles. The summed E-state index contributed by atoms with van der Waals surface area (Å²) in [5, 5.41) is 13.1. The van der Waals surface area contributed by atoms with E-state index < -0.39 is 11.0 Å². The number of carbonyl (C=O) groups excluding carboxylic acids is 1. The first kappa shape index (κ1) is 14.4. The number of hydrogen-bond donors (Lipinski definition) is 1. The lowest BCUT2D eigenvalue weighted by Crippen LogP contribution is -2.15. The van der Waals surface area contributed by atoms with Crippen molar-refractivity contribution in [3.05, 3.63) is 63.8 Å². The van der Waals surface area contributed by atoms with Crippen LogP contribution in [0.5, 0.6) is 0 Å². The molecule has 0 unspecified atom stereocenters. The van der Waals surface area contributed by atoms with Gasteiger partial charge in [0.1, 0.15) is 18.6 Å². The molecule has 1 aromatic carbocycles. The number of nitro groups is 1. The summed E-state index contributed by atoms with van der Waals surface area (Å²) in [6.07, 6.45) is 0.420. The Balaban J connectivity index is 1.95. The van der Waals surface area contributed by atoms with E-state index in [0.717, 1.165) is 11.8 Å². The molecule has 0 aliphatic rings. The van der Waals surface area contributed by atoms with Gasteiger partial charge < -0.3 is 4.74 Å². The van der Waals surface area contributed by atoms with Gasteiger partial charge in [0, 0.05) is 6.07 Å². The van der Waals surface area contributed by atoms with Crippen molar-refractivity contribution in [2.75, 3.05) is 5.32 Å². The van der Waals surface area contributed by atoms with Gasteiger partial charge in [-0.15, -0.1) is 0 Å². The zero-order valence-corrected chi connectivity index (χ0v) is 11.3. The Morgan fingerprint density at radius 2 is 2.10 bits per heavy atom. The van der Waals surface area contributed by atoms with Gasteiger partial charge in [-0.2, -0.15) is 0 Å². The van der Waals surface area contributed by atoms with Crippen LogP contribution in [-0.4, -0.2) is 16.0 Å². The molecule has 0 bridgehead atoms. The van der Waals surface area contributed by atoms with Crippen LogP contribution >= 0.6 is 0 Å². The van der Waals surface area contributed by atoms with Crippen LogP contribution in [0.3, 0.4) is 0 Å². The van der Waals surface area contributed by atoms with Gasteiger partial charge in [-0.05, 0) is 18.1 Å². The molecule has 7 heteroatoms. The van der Waals surface area contributed by atoms with E-state index in [1.807, 2.05) is 30.3 Å². The molecule has 2 rings (SSSR count). The Kier molecular flexibility index (Phi) is 4.45. The molecular weight excluding hydrogens is 274 g/mol. The summed E-state index contributed by atoms with van der Waals surface area (Å²) < 4.78 is 5.04. The molecule has 0 radical (unpaired) electrons. The molecule has 0 fully saturated rings. The average Bonchev–Trinajstić information content (AvgIpc) is 2.48. The second-order valence-electron chi connectivity index (χ2n) is 4.30. The average molecular weight is 287 g/mol. The molecule has 0 aliphatic carbocycles. The number of hydrogen-bond acceptors (Lipinski definition) is 5. The highest BCUT2D eigenvalue weighted by Crippen LogP contribution is 2.18.